The molecule has 1 unspecified atom stereocenters. The number of hydrogen-bond acceptors (Lipinski definition) is 5. The smallest absolute Gasteiger partial charge is 0.234 e. The van der Waals surface area contributed by atoms with Crippen molar-refractivity contribution in [2.45, 2.75) is 58.5 Å². The van der Waals surface area contributed by atoms with Crippen LogP contribution in [0.25, 0.3) is 0 Å². The summed E-state index contributed by atoms with van der Waals surface area (Å²) in [5.74, 6) is 3.56. The second-order valence-electron chi connectivity index (χ2n) is 12.2. The standard InChI is InChI=1S/C26H44N4O3/c1-19(2)16-29-7-8-33-23(17-29)15-27-24(31)18-28-3-5-30(6-4-28)25(32)26-12-20-9-21(13-26)11-22(10-20)14-26/h19-23H,3-18H2,1-2H3,(H,27,31). The molecule has 2 heterocycles. The minimum Gasteiger partial charge on any atom is -0.374 e. The molecule has 4 saturated carbocycles. The molecule has 7 nitrogen and oxygen atoms in total. The van der Waals surface area contributed by atoms with Gasteiger partial charge in [-0.05, 0) is 62.2 Å². The Morgan fingerprint density at radius 3 is 2.18 bits per heavy atom. The number of ether oxygens (including phenoxy) is 1. The van der Waals surface area contributed by atoms with Crippen LogP contribution in [0, 0.1) is 29.1 Å². The summed E-state index contributed by atoms with van der Waals surface area (Å²) in [6, 6.07) is 0. The molecule has 0 spiro atoms. The monoisotopic (exact) mass is 460 g/mol. The number of carbonyl (C=O) groups is 2. The fraction of sp³-hybridized carbons (Fsp3) is 0.923. The molecule has 6 fully saturated rings. The van der Waals surface area contributed by atoms with Crippen molar-refractivity contribution in [2.24, 2.45) is 29.1 Å². The lowest BCUT2D eigenvalue weighted by atomic mass is 9.49. The summed E-state index contributed by atoms with van der Waals surface area (Å²) in [5.41, 5.74) is -0.0439. The third-order valence-electron chi connectivity index (χ3n) is 8.89. The van der Waals surface area contributed by atoms with E-state index < -0.39 is 0 Å². The molecular weight excluding hydrogens is 416 g/mol. The molecule has 186 valence electrons. The van der Waals surface area contributed by atoms with Gasteiger partial charge < -0.3 is 15.0 Å². The molecule has 6 rings (SSSR count). The second kappa shape index (κ2) is 9.82. The molecule has 2 amide bonds. The molecule has 1 atom stereocenters. The Kier molecular flexibility index (Phi) is 7.01. The highest BCUT2D eigenvalue weighted by molar-refractivity contribution is 5.83. The maximum Gasteiger partial charge on any atom is 0.234 e. The number of nitrogens with one attached hydrogen (secondary N) is 1. The van der Waals surface area contributed by atoms with E-state index in [1.54, 1.807) is 0 Å². The van der Waals surface area contributed by atoms with Gasteiger partial charge in [-0.1, -0.05) is 13.8 Å². The third-order valence-corrected chi connectivity index (χ3v) is 8.89. The van der Waals surface area contributed by atoms with Gasteiger partial charge >= 0.3 is 0 Å². The number of amides is 2. The first kappa shape index (κ1) is 23.6. The Bertz CT molecular complexity index is 683. The van der Waals surface area contributed by atoms with Gasteiger partial charge in [0, 0.05) is 52.4 Å². The molecule has 1 N–H and O–H groups in total. The summed E-state index contributed by atoms with van der Waals surface area (Å²) in [4.78, 5) is 32.9. The van der Waals surface area contributed by atoms with Crippen molar-refractivity contribution in [3.05, 3.63) is 0 Å². The van der Waals surface area contributed by atoms with Crippen LogP contribution in [0.5, 0.6) is 0 Å². The van der Waals surface area contributed by atoms with Crippen LogP contribution in [0.15, 0.2) is 0 Å². The summed E-state index contributed by atoms with van der Waals surface area (Å²) in [7, 11) is 0. The van der Waals surface area contributed by atoms with Crippen molar-refractivity contribution in [1.29, 1.82) is 0 Å². The van der Waals surface area contributed by atoms with Gasteiger partial charge in [-0.3, -0.25) is 19.4 Å². The van der Waals surface area contributed by atoms with Crippen LogP contribution in [0.4, 0.5) is 0 Å². The van der Waals surface area contributed by atoms with Crippen molar-refractivity contribution in [3.63, 3.8) is 0 Å². The molecular formula is C26H44N4O3. The van der Waals surface area contributed by atoms with Crippen LogP contribution in [0.3, 0.4) is 0 Å². The van der Waals surface area contributed by atoms with E-state index in [2.05, 4.69) is 33.9 Å². The number of piperazine rings is 1. The maximum absolute atomic E-state index is 13.6. The van der Waals surface area contributed by atoms with E-state index in [-0.39, 0.29) is 17.4 Å². The lowest BCUT2D eigenvalue weighted by Crippen LogP contribution is -2.58. The second-order valence-corrected chi connectivity index (χ2v) is 12.2. The van der Waals surface area contributed by atoms with Gasteiger partial charge in [0.05, 0.1) is 24.7 Å². The molecule has 6 aliphatic rings. The van der Waals surface area contributed by atoms with E-state index in [1.165, 1.54) is 19.3 Å². The van der Waals surface area contributed by atoms with E-state index in [9.17, 15) is 9.59 Å². The molecule has 4 bridgehead atoms. The first-order chi connectivity index (χ1) is 15.9. The minimum atomic E-state index is -0.0439. The number of carbonyl (C=O) groups excluding carboxylic acids is 2. The molecule has 0 aromatic carbocycles. The Balaban J connectivity index is 1.03. The number of rotatable bonds is 7. The minimum absolute atomic E-state index is 0.0439. The zero-order valence-corrected chi connectivity index (χ0v) is 20.8. The van der Waals surface area contributed by atoms with Crippen LogP contribution in [-0.2, 0) is 14.3 Å². The molecule has 33 heavy (non-hydrogen) atoms. The first-order valence-electron chi connectivity index (χ1n) is 13.5. The van der Waals surface area contributed by atoms with Gasteiger partial charge in [0.1, 0.15) is 0 Å². The summed E-state index contributed by atoms with van der Waals surface area (Å²) >= 11 is 0. The molecule has 0 aromatic rings. The van der Waals surface area contributed by atoms with Crippen molar-refractivity contribution >= 4 is 11.8 Å². The van der Waals surface area contributed by atoms with Crippen LogP contribution in [-0.4, -0.2) is 98.1 Å². The fourth-order valence-corrected chi connectivity index (χ4v) is 7.89. The summed E-state index contributed by atoms with van der Waals surface area (Å²) < 4.78 is 5.86. The van der Waals surface area contributed by atoms with Crippen molar-refractivity contribution in [3.8, 4) is 0 Å². The Labute approximate surface area is 199 Å². The summed E-state index contributed by atoms with van der Waals surface area (Å²) in [6.45, 7) is 12.3. The Hall–Kier alpha value is -1.18. The van der Waals surface area contributed by atoms with Crippen LogP contribution in [0.1, 0.15) is 52.4 Å². The largest absolute Gasteiger partial charge is 0.374 e. The quantitative estimate of drug-likeness (QED) is 0.628. The molecule has 2 saturated heterocycles. The predicted molar refractivity (Wildman–Crippen MR) is 128 cm³/mol. The number of hydrogen-bond donors (Lipinski definition) is 1. The van der Waals surface area contributed by atoms with Crippen LogP contribution < -0.4 is 5.32 Å². The summed E-state index contributed by atoms with van der Waals surface area (Å²) in [6.07, 6.45) is 7.61. The SMILES string of the molecule is CC(C)CN1CCOC(CNC(=O)CN2CCN(C(=O)C34CC5CC(CC(C5)C3)C4)CC2)C1. The number of morpholine rings is 1. The topological polar surface area (TPSA) is 65.1 Å². The highest BCUT2D eigenvalue weighted by Crippen LogP contribution is 2.60. The highest BCUT2D eigenvalue weighted by Gasteiger charge is 2.55. The van der Waals surface area contributed by atoms with Gasteiger partial charge in [0.15, 0.2) is 0 Å². The fourth-order valence-electron chi connectivity index (χ4n) is 7.89. The van der Waals surface area contributed by atoms with Crippen molar-refractivity contribution in [2.75, 3.05) is 65.5 Å². The zero-order chi connectivity index (χ0) is 23.0. The van der Waals surface area contributed by atoms with Crippen molar-refractivity contribution in [1.82, 2.24) is 20.0 Å². The molecule has 0 radical (unpaired) electrons. The van der Waals surface area contributed by atoms with Crippen molar-refractivity contribution < 1.29 is 14.3 Å². The number of nitrogens with zero attached hydrogens (tertiary/aromatic N) is 3. The van der Waals surface area contributed by atoms with E-state index in [0.717, 1.165) is 89.4 Å². The Morgan fingerprint density at radius 2 is 1.58 bits per heavy atom. The van der Waals surface area contributed by atoms with Crippen LogP contribution in [0.2, 0.25) is 0 Å². The maximum atomic E-state index is 13.6. The van der Waals surface area contributed by atoms with E-state index in [4.69, 9.17) is 4.74 Å². The van der Waals surface area contributed by atoms with Gasteiger partial charge in [0.2, 0.25) is 11.8 Å². The van der Waals surface area contributed by atoms with Crippen LogP contribution >= 0.6 is 0 Å². The van der Waals surface area contributed by atoms with Gasteiger partial charge in [0.25, 0.3) is 0 Å². The molecule has 7 heteroatoms. The zero-order valence-electron chi connectivity index (χ0n) is 20.8. The lowest BCUT2D eigenvalue weighted by molar-refractivity contribution is -0.159. The van der Waals surface area contributed by atoms with E-state index in [0.29, 0.717) is 24.9 Å². The highest BCUT2D eigenvalue weighted by atomic mass is 16.5. The predicted octanol–water partition coefficient (Wildman–Crippen LogP) is 1.82. The Morgan fingerprint density at radius 1 is 0.939 bits per heavy atom. The summed E-state index contributed by atoms with van der Waals surface area (Å²) in [5, 5.41) is 3.08. The van der Waals surface area contributed by atoms with Gasteiger partial charge in [-0.2, -0.15) is 0 Å². The average Bonchev–Trinajstić information content (AvgIpc) is 2.77. The molecule has 2 aliphatic heterocycles. The van der Waals surface area contributed by atoms with E-state index >= 15 is 0 Å². The van der Waals surface area contributed by atoms with E-state index in [1.807, 2.05) is 0 Å². The molecule has 4 aliphatic carbocycles. The lowest BCUT2D eigenvalue weighted by Gasteiger charge is -2.57. The third kappa shape index (κ3) is 5.40. The van der Waals surface area contributed by atoms with Gasteiger partial charge in [-0.25, -0.2) is 0 Å². The normalized spacial score (nSPS) is 37.0. The molecule has 0 aromatic heterocycles. The average molecular weight is 461 g/mol. The van der Waals surface area contributed by atoms with Gasteiger partial charge in [-0.15, -0.1) is 0 Å². The first-order valence-corrected chi connectivity index (χ1v) is 13.5.